The normalized spacial score (nSPS) is 10.2. The van der Waals surface area contributed by atoms with Crippen molar-refractivity contribution in [3.63, 3.8) is 0 Å². The number of rotatable bonds is 5. The molecule has 100 valence electrons. The second-order valence-electron chi connectivity index (χ2n) is 3.83. The van der Waals surface area contributed by atoms with Crippen LogP contribution in [0.25, 0.3) is 0 Å². The number of amides is 1. The van der Waals surface area contributed by atoms with Gasteiger partial charge in [0, 0.05) is 17.2 Å². The molecule has 19 heavy (non-hydrogen) atoms. The van der Waals surface area contributed by atoms with E-state index in [2.05, 4.69) is 37.0 Å². The molecule has 0 aliphatic rings. The molecule has 0 fully saturated rings. The van der Waals surface area contributed by atoms with Crippen LogP contribution in [0.1, 0.15) is 15.9 Å². The molecular weight excluding hydrogens is 328 g/mol. The fraction of sp³-hybridized carbons (Fsp3) is 0.167. The molecule has 0 radical (unpaired) electrons. The van der Waals surface area contributed by atoms with Gasteiger partial charge in [-0.05, 0) is 50.8 Å². The van der Waals surface area contributed by atoms with Gasteiger partial charge in [-0.2, -0.15) is 11.3 Å². The predicted molar refractivity (Wildman–Crippen MR) is 80.1 cm³/mol. The van der Waals surface area contributed by atoms with Gasteiger partial charge in [0.2, 0.25) is 0 Å². The maximum absolute atomic E-state index is 12.0. The van der Waals surface area contributed by atoms with E-state index in [1.807, 2.05) is 11.4 Å². The van der Waals surface area contributed by atoms with Gasteiger partial charge in [-0.1, -0.05) is 0 Å². The fourth-order valence-corrected chi connectivity index (χ4v) is 2.61. The summed E-state index contributed by atoms with van der Waals surface area (Å²) in [6.45, 7) is 0.575. The Labute approximate surface area is 123 Å². The molecule has 0 aliphatic heterocycles. The molecule has 2 aromatic rings. The van der Waals surface area contributed by atoms with Gasteiger partial charge >= 0.3 is 0 Å². The van der Waals surface area contributed by atoms with E-state index in [4.69, 9.17) is 5.84 Å². The van der Waals surface area contributed by atoms with Crippen LogP contribution in [0.2, 0.25) is 0 Å². The Balaban J connectivity index is 1.97. The highest BCUT2D eigenvalue weighted by molar-refractivity contribution is 9.10. The van der Waals surface area contributed by atoms with Crippen molar-refractivity contribution >= 4 is 39.0 Å². The zero-order valence-electron chi connectivity index (χ0n) is 10.0. The number of hydrogen-bond acceptors (Lipinski definition) is 5. The topological polar surface area (TPSA) is 80.0 Å². The molecule has 0 aliphatic carbocycles. The summed E-state index contributed by atoms with van der Waals surface area (Å²) < 4.78 is 0.731. The van der Waals surface area contributed by atoms with Crippen LogP contribution in [0.5, 0.6) is 0 Å². The van der Waals surface area contributed by atoms with Crippen molar-refractivity contribution in [1.29, 1.82) is 0 Å². The Morgan fingerprint density at radius 1 is 1.53 bits per heavy atom. The first-order chi connectivity index (χ1) is 9.20. The smallest absolute Gasteiger partial charge is 0.255 e. The first-order valence-electron chi connectivity index (χ1n) is 5.62. The number of hydrogen-bond donors (Lipinski definition) is 3. The zero-order valence-corrected chi connectivity index (χ0v) is 12.4. The van der Waals surface area contributed by atoms with Gasteiger partial charge in [0.25, 0.3) is 5.91 Å². The lowest BCUT2D eigenvalue weighted by Crippen LogP contribution is -2.27. The Hall–Kier alpha value is -1.44. The summed E-state index contributed by atoms with van der Waals surface area (Å²) in [6.07, 6.45) is 2.39. The zero-order chi connectivity index (χ0) is 13.7. The number of nitrogens with zero attached hydrogens (tertiary/aromatic N) is 1. The minimum Gasteiger partial charge on any atom is -0.352 e. The molecule has 0 spiro atoms. The molecule has 1 amide bonds. The second-order valence-corrected chi connectivity index (χ2v) is 5.53. The monoisotopic (exact) mass is 340 g/mol. The minimum absolute atomic E-state index is 0.197. The van der Waals surface area contributed by atoms with E-state index in [1.54, 1.807) is 23.6 Å². The number of hydrazine groups is 1. The molecule has 2 rings (SSSR count). The first kappa shape index (κ1) is 14.0. The standard InChI is InChI=1S/C12H13BrN4OS/c13-9-5-10(11(17-14)16-6-9)12(18)15-3-1-8-2-4-19-7-8/h2,4-7H,1,3,14H2,(H,15,18)(H,16,17). The van der Waals surface area contributed by atoms with Gasteiger partial charge in [-0.25, -0.2) is 10.8 Å². The summed E-state index contributed by atoms with van der Waals surface area (Å²) >= 11 is 4.93. The summed E-state index contributed by atoms with van der Waals surface area (Å²) in [5.41, 5.74) is 4.05. The van der Waals surface area contributed by atoms with Crippen LogP contribution >= 0.6 is 27.3 Å². The minimum atomic E-state index is -0.197. The van der Waals surface area contributed by atoms with Crippen LogP contribution in [0, 0.1) is 0 Å². The number of pyridine rings is 1. The highest BCUT2D eigenvalue weighted by Gasteiger charge is 2.12. The number of anilines is 1. The number of thiophene rings is 1. The molecule has 5 nitrogen and oxygen atoms in total. The summed E-state index contributed by atoms with van der Waals surface area (Å²) in [6, 6.07) is 3.73. The number of nitrogens with one attached hydrogen (secondary N) is 2. The fourth-order valence-electron chi connectivity index (χ4n) is 1.58. The SMILES string of the molecule is NNc1ncc(Br)cc1C(=O)NCCc1ccsc1. The third-order valence-electron chi connectivity index (χ3n) is 2.52. The molecule has 0 unspecified atom stereocenters. The molecule has 0 atom stereocenters. The highest BCUT2D eigenvalue weighted by Crippen LogP contribution is 2.17. The van der Waals surface area contributed by atoms with E-state index < -0.39 is 0 Å². The Morgan fingerprint density at radius 2 is 2.37 bits per heavy atom. The molecule has 0 aromatic carbocycles. The van der Waals surface area contributed by atoms with Crippen LogP contribution < -0.4 is 16.6 Å². The predicted octanol–water partition coefficient (Wildman–Crippen LogP) is 2.16. The largest absolute Gasteiger partial charge is 0.352 e. The molecule has 2 aromatic heterocycles. The van der Waals surface area contributed by atoms with E-state index in [-0.39, 0.29) is 5.91 Å². The average molecular weight is 341 g/mol. The Morgan fingerprint density at radius 3 is 3.05 bits per heavy atom. The van der Waals surface area contributed by atoms with Gasteiger partial charge < -0.3 is 10.7 Å². The van der Waals surface area contributed by atoms with Gasteiger partial charge in [-0.3, -0.25) is 4.79 Å². The molecule has 7 heteroatoms. The van der Waals surface area contributed by atoms with Crippen LogP contribution in [0.15, 0.2) is 33.6 Å². The quantitative estimate of drug-likeness (QED) is 0.575. The van der Waals surface area contributed by atoms with Crippen molar-refractivity contribution in [2.24, 2.45) is 5.84 Å². The van der Waals surface area contributed by atoms with Crippen molar-refractivity contribution in [2.45, 2.75) is 6.42 Å². The van der Waals surface area contributed by atoms with Gasteiger partial charge in [0.05, 0.1) is 5.56 Å². The van der Waals surface area contributed by atoms with E-state index in [0.717, 1.165) is 10.9 Å². The maximum Gasteiger partial charge on any atom is 0.255 e. The van der Waals surface area contributed by atoms with Crippen LogP contribution in [0.3, 0.4) is 0 Å². The Bertz CT molecular complexity index is 559. The van der Waals surface area contributed by atoms with E-state index in [0.29, 0.717) is 17.9 Å². The Kier molecular flexibility index (Phi) is 4.89. The van der Waals surface area contributed by atoms with Crippen molar-refractivity contribution < 1.29 is 4.79 Å². The number of aromatic nitrogens is 1. The van der Waals surface area contributed by atoms with Crippen molar-refractivity contribution in [3.05, 3.63) is 44.7 Å². The summed E-state index contributed by atoms with van der Waals surface area (Å²) in [4.78, 5) is 16.1. The van der Waals surface area contributed by atoms with E-state index in [1.165, 1.54) is 5.56 Å². The van der Waals surface area contributed by atoms with Crippen LogP contribution in [-0.4, -0.2) is 17.4 Å². The van der Waals surface area contributed by atoms with Gasteiger partial charge in [0.15, 0.2) is 5.82 Å². The summed E-state index contributed by atoms with van der Waals surface area (Å²) in [5.74, 6) is 5.50. The van der Waals surface area contributed by atoms with Crippen molar-refractivity contribution in [3.8, 4) is 0 Å². The van der Waals surface area contributed by atoms with Gasteiger partial charge in [-0.15, -0.1) is 0 Å². The first-order valence-corrected chi connectivity index (χ1v) is 7.35. The second kappa shape index (κ2) is 6.65. The molecule has 0 saturated carbocycles. The summed E-state index contributed by atoms with van der Waals surface area (Å²) in [7, 11) is 0. The average Bonchev–Trinajstić information content (AvgIpc) is 2.91. The third-order valence-corrected chi connectivity index (χ3v) is 3.68. The van der Waals surface area contributed by atoms with Crippen molar-refractivity contribution in [1.82, 2.24) is 10.3 Å². The lowest BCUT2D eigenvalue weighted by molar-refractivity contribution is 0.0954. The lowest BCUT2D eigenvalue weighted by Gasteiger charge is -2.09. The molecule has 0 saturated heterocycles. The van der Waals surface area contributed by atoms with E-state index >= 15 is 0 Å². The number of nitrogens with two attached hydrogens (primary N) is 1. The lowest BCUT2D eigenvalue weighted by atomic mass is 10.2. The third kappa shape index (κ3) is 3.76. The number of carbonyl (C=O) groups is 1. The van der Waals surface area contributed by atoms with Crippen molar-refractivity contribution in [2.75, 3.05) is 12.0 Å². The van der Waals surface area contributed by atoms with Crippen LogP contribution in [-0.2, 0) is 6.42 Å². The number of halogens is 1. The number of carbonyl (C=O) groups excluding carboxylic acids is 1. The number of nitrogen functional groups attached to an aromatic ring is 1. The summed E-state index contributed by atoms with van der Waals surface area (Å²) in [5, 5.41) is 6.94. The maximum atomic E-state index is 12.0. The molecule has 0 bridgehead atoms. The molecular formula is C12H13BrN4OS. The molecule has 2 heterocycles. The van der Waals surface area contributed by atoms with Gasteiger partial charge in [0.1, 0.15) is 0 Å². The molecule has 4 N–H and O–H groups in total. The van der Waals surface area contributed by atoms with E-state index in [9.17, 15) is 4.79 Å². The highest BCUT2D eigenvalue weighted by atomic mass is 79.9. The van der Waals surface area contributed by atoms with Crippen LogP contribution in [0.4, 0.5) is 5.82 Å².